The zero-order valence-corrected chi connectivity index (χ0v) is 13.5. The molecule has 1 aromatic carbocycles. The molecule has 2 aromatic rings. The fourth-order valence-corrected chi connectivity index (χ4v) is 3.10. The van der Waals surface area contributed by atoms with Gasteiger partial charge in [0.25, 0.3) is 10.0 Å². The normalized spacial score (nSPS) is 11.2. The molecule has 0 aliphatic heterocycles. The van der Waals surface area contributed by atoms with E-state index >= 15 is 0 Å². The number of benzene rings is 1. The number of sulfonamides is 1. The number of anilines is 1. The third kappa shape index (κ3) is 4.01. The number of nitrogens with one attached hydrogen (secondary N) is 1. The van der Waals surface area contributed by atoms with E-state index in [1.807, 2.05) is 6.92 Å². The van der Waals surface area contributed by atoms with Crippen molar-refractivity contribution in [1.82, 2.24) is 9.78 Å². The minimum atomic E-state index is -3.84. The quantitative estimate of drug-likeness (QED) is 0.787. The molecule has 2 rings (SSSR count). The van der Waals surface area contributed by atoms with Gasteiger partial charge in [0.15, 0.2) is 0 Å². The molecule has 0 bridgehead atoms. The summed E-state index contributed by atoms with van der Waals surface area (Å²) in [6.07, 6.45) is 2.64. The van der Waals surface area contributed by atoms with Crippen LogP contribution in [-0.4, -0.2) is 36.4 Å². The first kappa shape index (κ1) is 16.8. The first-order valence-electron chi connectivity index (χ1n) is 6.79. The Morgan fingerprint density at radius 2 is 2.17 bits per heavy atom. The molecule has 0 fully saturated rings. The fourth-order valence-electron chi connectivity index (χ4n) is 2.03. The molecule has 0 unspecified atom stereocenters. The number of carbonyl (C=O) groups is 1. The lowest BCUT2D eigenvalue weighted by atomic mass is 10.1. The Kier molecular flexibility index (Phi) is 4.89. The van der Waals surface area contributed by atoms with E-state index in [0.717, 1.165) is 0 Å². The molecular weight excluding hydrogens is 322 g/mol. The van der Waals surface area contributed by atoms with Gasteiger partial charge in [-0.05, 0) is 25.1 Å². The minimum absolute atomic E-state index is 0.0428. The second-order valence-corrected chi connectivity index (χ2v) is 6.42. The fraction of sp³-hybridized carbons (Fsp3) is 0.286. The number of ether oxygens (including phenoxy) is 1. The van der Waals surface area contributed by atoms with Gasteiger partial charge in [0.1, 0.15) is 5.75 Å². The van der Waals surface area contributed by atoms with Crippen molar-refractivity contribution in [3.8, 4) is 5.75 Å². The Bertz CT molecular complexity index is 814. The number of hydrogen-bond donors (Lipinski definition) is 2. The zero-order valence-electron chi connectivity index (χ0n) is 12.7. The molecule has 8 nitrogen and oxygen atoms in total. The van der Waals surface area contributed by atoms with Gasteiger partial charge in [0, 0.05) is 18.3 Å². The lowest BCUT2D eigenvalue weighted by Gasteiger charge is -2.10. The van der Waals surface area contributed by atoms with E-state index in [1.165, 1.54) is 31.5 Å². The third-order valence-electron chi connectivity index (χ3n) is 3.11. The summed E-state index contributed by atoms with van der Waals surface area (Å²) in [6, 6.07) is 4.08. The number of carboxylic acids is 1. The van der Waals surface area contributed by atoms with Crippen molar-refractivity contribution in [3.63, 3.8) is 0 Å². The highest BCUT2D eigenvalue weighted by molar-refractivity contribution is 7.92. The topological polar surface area (TPSA) is 111 Å². The summed E-state index contributed by atoms with van der Waals surface area (Å²) in [5.41, 5.74) is 0.620. The summed E-state index contributed by atoms with van der Waals surface area (Å²) in [4.78, 5) is 10.9. The van der Waals surface area contributed by atoms with Crippen LogP contribution >= 0.6 is 0 Å². The molecule has 0 radical (unpaired) electrons. The summed E-state index contributed by atoms with van der Waals surface area (Å²) in [5, 5.41) is 12.9. The number of aromatic nitrogens is 2. The number of methoxy groups -OCH3 is 1. The molecular formula is C14H17N3O5S. The largest absolute Gasteiger partial charge is 0.496 e. The van der Waals surface area contributed by atoms with Crippen LogP contribution in [0.3, 0.4) is 0 Å². The second-order valence-electron chi connectivity index (χ2n) is 4.73. The highest BCUT2D eigenvalue weighted by atomic mass is 32.2. The molecule has 0 amide bonds. The highest BCUT2D eigenvalue weighted by Crippen LogP contribution is 2.24. The molecule has 9 heteroatoms. The van der Waals surface area contributed by atoms with Crippen molar-refractivity contribution >= 4 is 21.7 Å². The Balaban J connectivity index is 2.33. The van der Waals surface area contributed by atoms with Crippen molar-refractivity contribution in [3.05, 3.63) is 36.2 Å². The van der Waals surface area contributed by atoms with Gasteiger partial charge in [-0.3, -0.25) is 14.2 Å². The van der Waals surface area contributed by atoms with Gasteiger partial charge in [0.05, 0.1) is 30.3 Å². The van der Waals surface area contributed by atoms with E-state index < -0.39 is 16.0 Å². The van der Waals surface area contributed by atoms with Crippen LogP contribution in [0.1, 0.15) is 12.5 Å². The lowest BCUT2D eigenvalue weighted by molar-refractivity contribution is -0.136. The molecule has 1 aromatic heterocycles. The number of nitrogens with zero attached hydrogens (tertiary/aromatic N) is 2. The number of hydrogen-bond acceptors (Lipinski definition) is 5. The molecule has 0 saturated heterocycles. The lowest BCUT2D eigenvalue weighted by Crippen LogP contribution is -2.13. The third-order valence-corrected chi connectivity index (χ3v) is 4.49. The van der Waals surface area contributed by atoms with Gasteiger partial charge in [-0.1, -0.05) is 0 Å². The number of aryl methyl sites for hydroxylation is 1. The van der Waals surface area contributed by atoms with E-state index in [-0.39, 0.29) is 16.9 Å². The molecule has 0 aliphatic rings. The first-order valence-corrected chi connectivity index (χ1v) is 8.28. The van der Waals surface area contributed by atoms with Gasteiger partial charge in [0.2, 0.25) is 0 Å². The molecule has 124 valence electrons. The van der Waals surface area contributed by atoms with Crippen molar-refractivity contribution in [2.75, 3.05) is 11.8 Å². The van der Waals surface area contributed by atoms with E-state index in [0.29, 0.717) is 18.0 Å². The van der Waals surface area contributed by atoms with E-state index in [1.54, 1.807) is 10.9 Å². The summed E-state index contributed by atoms with van der Waals surface area (Å²) >= 11 is 0. The van der Waals surface area contributed by atoms with Crippen LogP contribution in [0.15, 0.2) is 35.5 Å². The smallest absolute Gasteiger partial charge is 0.307 e. The van der Waals surface area contributed by atoms with Crippen LogP contribution in [0.2, 0.25) is 0 Å². The van der Waals surface area contributed by atoms with Crippen LogP contribution in [0, 0.1) is 0 Å². The minimum Gasteiger partial charge on any atom is -0.496 e. The van der Waals surface area contributed by atoms with Gasteiger partial charge in [-0.2, -0.15) is 5.10 Å². The van der Waals surface area contributed by atoms with Crippen LogP contribution in [0.25, 0.3) is 0 Å². The van der Waals surface area contributed by atoms with E-state index in [4.69, 9.17) is 9.84 Å². The monoisotopic (exact) mass is 339 g/mol. The van der Waals surface area contributed by atoms with Gasteiger partial charge in [-0.15, -0.1) is 0 Å². The Morgan fingerprint density at radius 1 is 1.43 bits per heavy atom. The summed E-state index contributed by atoms with van der Waals surface area (Å²) in [7, 11) is -2.45. The Hall–Kier alpha value is -2.55. The average Bonchev–Trinajstić information content (AvgIpc) is 2.93. The maximum Gasteiger partial charge on any atom is 0.307 e. The molecule has 23 heavy (non-hydrogen) atoms. The summed E-state index contributed by atoms with van der Waals surface area (Å²) in [6.45, 7) is 2.50. The average molecular weight is 339 g/mol. The molecule has 1 heterocycles. The Labute approximate surface area is 133 Å². The molecule has 0 saturated carbocycles. The standard InChI is InChI=1S/C14H17N3O5S/c1-3-17-9-11(8-15-17)16-23(20,21)12-4-5-13(22-2)10(6-12)7-14(18)19/h4-6,8-9,16H,3,7H2,1-2H3,(H,18,19). The molecule has 0 atom stereocenters. The van der Waals surface area contributed by atoms with Gasteiger partial charge in [-0.25, -0.2) is 8.42 Å². The number of aliphatic carboxylic acids is 1. The SMILES string of the molecule is CCn1cc(NS(=O)(=O)c2ccc(OC)c(CC(=O)O)c2)cn1. The number of carboxylic acid groups (broad SMARTS) is 1. The van der Waals surface area contributed by atoms with Crippen molar-refractivity contribution in [1.29, 1.82) is 0 Å². The molecule has 0 spiro atoms. The maximum atomic E-state index is 12.4. The van der Waals surface area contributed by atoms with Crippen molar-refractivity contribution in [2.24, 2.45) is 0 Å². The summed E-state index contributed by atoms with van der Waals surface area (Å²) in [5.74, 6) is -0.750. The Morgan fingerprint density at radius 3 is 2.74 bits per heavy atom. The van der Waals surface area contributed by atoms with E-state index in [2.05, 4.69) is 9.82 Å². The van der Waals surface area contributed by atoms with Crippen LogP contribution in [-0.2, 0) is 27.8 Å². The van der Waals surface area contributed by atoms with Crippen LogP contribution in [0.5, 0.6) is 5.75 Å². The maximum absolute atomic E-state index is 12.4. The van der Waals surface area contributed by atoms with Crippen molar-refractivity contribution < 1.29 is 23.1 Å². The van der Waals surface area contributed by atoms with Crippen molar-refractivity contribution in [2.45, 2.75) is 24.8 Å². The van der Waals surface area contributed by atoms with Crippen LogP contribution < -0.4 is 9.46 Å². The first-order chi connectivity index (χ1) is 10.9. The highest BCUT2D eigenvalue weighted by Gasteiger charge is 2.18. The summed E-state index contributed by atoms with van der Waals surface area (Å²) < 4.78 is 33.9. The second kappa shape index (κ2) is 6.69. The van der Waals surface area contributed by atoms with Crippen LogP contribution in [0.4, 0.5) is 5.69 Å². The zero-order chi connectivity index (χ0) is 17.0. The predicted molar refractivity (Wildman–Crippen MR) is 83.0 cm³/mol. The van der Waals surface area contributed by atoms with E-state index in [9.17, 15) is 13.2 Å². The molecule has 2 N–H and O–H groups in total. The number of rotatable bonds is 7. The van der Waals surface area contributed by atoms with Gasteiger partial charge < -0.3 is 9.84 Å². The molecule has 0 aliphatic carbocycles. The van der Waals surface area contributed by atoms with Gasteiger partial charge >= 0.3 is 5.97 Å². The predicted octanol–water partition coefficient (Wildman–Crippen LogP) is 1.34.